The van der Waals surface area contributed by atoms with Gasteiger partial charge >= 0.3 is 12.3 Å². The smallest absolute Gasteiger partial charge is 0.416 e. The largest absolute Gasteiger partial charge is 0.445 e. The number of benzene rings is 1. The summed E-state index contributed by atoms with van der Waals surface area (Å²) in [5.41, 5.74) is -1.72. The number of amides is 1. The number of hydrogen-bond acceptors (Lipinski definition) is 4. The Bertz CT molecular complexity index is 578. The fraction of sp³-hybridized carbons (Fsp3) is 0.500. The first-order valence-electron chi connectivity index (χ1n) is 7.33. The maximum absolute atomic E-state index is 12.8. The van der Waals surface area contributed by atoms with Crippen molar-refractivity contribution in [2.45, 2.75) is 38.3 Å². The molecule has 1 N–H and O–H groups in total. The first kappa shape index (κ1) is 21.4. The number of ketones is 1. The van der Waals surface area contributed by atoms with Crippen molar-refractivity contribution in [2.75, 3.05) is 11.9 Å². The molecule has 0 aliphatic rings. The van der Waals surface area contributed by atoms with Crippen LogP contribution in [0.1, 0.15) is 19.4 Å². The van der Waals surface area contributed by atoms with Gasteiger partial charge in [-0.2, -0.15) is 13.2 Å². The molecule has 140 valence electrons. The van der Waals surface area contributed by atoms with Crippen LogP contribution in [0.3, 0.4) is 0 Å². The molecule has 5 nitrogen and oxygen atoms in total. The second-order valence-corrected chi connectivity index (χ2v) is 6.24. The first-order valence-corrected chi connectivity index (χ1v) is 8.45. The lowest BCUT2D eigenvalue weighted by atomic mass is 10.1. The maximum atomic E-state index is 12.8. The molecule has 0 radical (unpaired) electrons. The normalized spacial score (nSPS) is 13.2. The molecule has 0 heterocycles. The first-order chi connectivity index (χ1) is 11.6. The van der Waals surface area contributed by atoms with E-state index in [-0.39, 0.29) is 11.9 Å². The lowest BCUT2D eigenvalue weighted by Crippen LogP contribution is -2.49. The third-order valence-corrected chi connectivity index (χ3v) is 3.87. The van der Waals surface area contributed by atoms with Crippen LogP contribution in [0.5, 0.6) is 0 Å². The quantitative estimate of drug-likeness (QED) is 0.646. The van der Waals surface area contributed by atoms with Gasteiger partial charge in [0.1, 0.15) is 12.6 Å². The van der Waals surface area contributed by atoms with E-state index in [0.717, 1.165) is 19.4 Å². The average molecular weight is 426 g/mol. The van der Waals surface area contributed by atoms with Gasteiger partial charge in [0.15, 0.2) is 11.4 Å². The number of halogens is 4. The fourth-order valence-electron chi connectivity index (χ4n) is 1.59. The van der Waals surface area contributed by atoms with E-state index >= 15 is 0 Å². The van der Waals surface area contributed by atoms with Crippen LogP contribution in [0.4, 0.5) is 18.0 Å². The number of rotatable bonds is 8. The molecule has 0 bridgehead atoms. The van der Waals surface area contributed by atoms with Gasteiger partial charge in [0.2, 0.25) is 0 Å². The number of carbonyl (C=O) groups is 2. The van der Waals surface area contributed by atoms with Crippen LogP contribution < -0.4 is 5.32 Å². The molecular weight excluding hydrogens is 407 g/mol. The number of Topliss-reactive ketones (excluding diaryl/α,β-unsaturated/α-hetero) is 1. The van der Waals surface area contributed by atoms with Crippen LogP contribution in [-0.2, 0) is 20.9 Å². The number of hydrogen-bond donors (Lipinski definition) is 1. The minimum atomic E-state index is -4.61. The van der Waals surface area contributed by atoms with Crippen LogP contribution in [0, 0.1) is 0 Å². The summed E-state index contributed by atoms with van der Waals surface area (Å²) in [6.07, 6.45) is -5.53. The molecule has 9 heteroatoms. The molecule has 1 rings (SSSR count). The monoisotopic (exact) mass is 425 g/mol. The highest BCUT2D eigenvalue weighted by Crippen LogP contribution is 2.32. The highest BCUT2D eigenvalue weighted by Gasteiger charge is 2.49. The summed E-state index contributed by atoms with van der Waals surface area (Å²) in [6.45, 7) is 1.03. The zero-order chi connectivity index (χ0) is 19.1. The predicted octanol–water partition coefficient (Wildman–Crippen LogP) is 3.60. The molecule has 0 aliphatic heterocycles. The number of alkyl carbamates (subject to hydrolysis) is 1. The van der Waals surface area contributed by atoms with Crippen molar-refractivity contribution in [1.82, 2.24) is 5.32 Å². The topological polar surface area (TPSA) is 64.6 Å². The van der Waals surface area contributed by atoms with Gasteiger partial charge in [0.05, 0.1) is 11.9 Å². The van der Waals surface area contributed by atoms with Gasteiger partial charge in [-0.3, -0.25) is 4.79 Å². The van der Waals surface area contributed by atoms with E-state index < -0.39 is 36.3 Å². The number of nitrogens with one attached hydrogen (secondary N) is 1. The number of alkyl halides is 4. The summed E-state index contributed by atoms with van der Waals surface area (Å²) in [6, 6.07) is 7.55. The molecule has 1 aromatic carbocycles. The molecule has 1 amide bonds. The van der Waals surface area contributed by atoms with Gasteiger partial charge < -0.3 is 14.8 Å². The Kier molecular flexibility index (Phi) is 7.88. The van der Waals surface area contributed by atoms with E-state index in [0.29, 0.717) is 0 Å². The minimum absolute atomic E-state index is 0.0310. The number of ether oxygens (including phenoxy) is 2. The Morgan fingerprint density at radius 2 is 1.80 bits per heavy atom. The van der Waals surface area contributed by atoms with E-state index in [4.69, 9.17) is 9.47 Å². The van der Waals surface area contributed by atoms with Crippen LogP contribution in [-0.4, -0.2) is 41.6 Å². The molecule has 0 spiro atoms. The lowest BCUT2D eigenvalue weighted by molar-refractivity contribution is -0.264. The zero-order valence-electron chi connectivity index (χ0n) is 13.7. The Morgan fingerprint density at radius 3 is 2.32 bits per heavy atom. The predicted molar refractivity (Wildman–Crippen MR) is 88.4 cm³/mol. The summed E-state index contributed by atoms with van der Waals surface area (Å²) in [7, 11) is 0. The van der Waals surface area contributed by atoms with E-state index in [1.54, 1.807) is 30.3 Å². The van der Waals surface area contributed by atoms with Crippen LogP contribution in [0.25, 0.3) is 0 Å². The van der Waals surface area contributed by atoms with E-state index in [1.807, 2.05) is 0 Å². The Hall–Kier alpha value is -1.61. The van der Waals surface area contributed by atoms with Crippen LogP contribution >= 0.6 is 15.9 Å². The molecular formula is C16H19BrF3NO4. The van der Waals surface area contributed by atoms with Crippen LogP contribution in [0.2, 0.25) is 0 Å². The van der Waals surface area contributed by atoms with Crippen molar-refractivity contribution < 1.29 is 32.2 Å². The van der Waals surface area contributed by atoms with Crippen molar-refractivity contribution in [3.8, 4) is 0 Å². The van der Waals surface area contributed by atoms with Crippen molar-refractivity contribution in [3.63, 3.8) is 0 Å². The SMILES string of the molecule is CC(C)(OCC(NC(=O)OCc1ccccc1)C(=O)CBr)C(F)(F)F. The van der Waals surface area contributed by atoms with Crippen molar-refractivity contribution in [2.24, 2.45) is 0 Å². The Morgan fingerprint density at radius 1 is 1.20 bits per heavy atom. The average Bonchev–Trinajstić information content (AvgIpc) is 2.56. The summed E-state index contributed by atoms with van der Waals surface area (Å²) >= 11 is 2.92. The van der Waals surface area contributed by atoms with Gasteiger partial charge in [-0.15, -0.1) is 0 Å². The highest BCUT2D eigenvalue weighted by molar-refractivity contribution is 9.09. The Balaban J connectivity index is 2.61. The van der Waals surface area contributed by atoms with Crippen molar-refractivity contribution in [1.29, 1.82) is 0 Å². The van der Waals surface area contributed by atoms with E-state index in [9.17, 15) is 22.8 Å². The standard InChI is InChI=1S/C16H19BrF3NO4/c1-15(2,16(18,19)20)25-10-12(13(22)8-17)21-14(23)24-9-11-6-4-3-5-7-11/h3-7,12H,8-10H2,1-2H3,(H,21,23). The van der Waals surface area contributed by atoms with E-state index in [1.165, 1.54) is 0 Å². The summed E-state index contributed by atoms with van der Waals surface area (Å²) in [4.78, 5) is 23.6. The second kappa shape index (κ2) is 9.19. The molecule has 0 aliphatic carbocycles. The van der Waals surface area contributed by atoms with Gasteiger partial charge in [-0.25, -0.2) is 4.79 Å². The fourth-order valence-corrected chi connectivity index (χ4v) is 1.98. The van der Waals surface area contributed by atoms with Gasteiger partial charge in [-0.1, -0.05) is 46.3 Å². The molecule has 0 fully saturated rings. The molecule has 1 unspecified atom stereocenters. The summed E-state index contributed by atoms with van der Waals surface area (Å²) in [5.74, 6) is -0.533. The van der Waals surface area contributed by atoms with E-state index in [2.05, 4.69) is 21.2 Å². The van der Waals surface area contributed by atoms with Crippen molar-refractivity contribution >= 4 is 27.8 Å². The third kappa shape index (κ3) is 7.03. The minimum Gasteiger partial charge on any atom is -0.445 e. The van der Waals surface area contributed by atoms with Crippen LogP contribution in [0.15, 0.2) is 30.3 Å². The number of carbonyl (C=O) groups excluding carboxylic acids is 2. The molecule has 1 aromatic rings. The Labute approximate surface area is 152 Å². The maximum Gasteiger partial charge on any atom is 0.416 e. The third-order valence-electron chi connectivity index (χ3n) is 3.32. The zero-order valence-corrected chi connectivity index (χ0v) is 15.3. The second-order valence-electron chi connectivity index (χ2n) is 5.68. The molecule has 1 atom stereocenters. The molecule has 0 saturated carbocycles. The molecule has 0 saturated heterocycles. The summed E-state index contributed by atoms with van der Waals surface area (Å²) in [5, 5.41) is 2.08. The van der Waals surface area contributed by atoms with Crippen molar-refractivity contribution in [3.05, 3.63) is 35.9 Å². The summed E-state index contributed by atoms with van der Waals surface area (Å²) < 4.78 is 48.2. The van der Waals surface area contributed by atoms with Gasteiger partial charge in [-0.05, 0) is 19.4 Å². The van der Waals surface area contributed by atoms with Gasteiger partial charge in [0.25, 0.3) is 0 Å². The lowest BCUT2D eigenvalue weighted by Gasteiger charge is -2.29. The molecule has 25 heavy (non-hydrogen) atoms. The van der Waals surface area contributed by atoms with Gasteiger partial charge in [0, 0.05) is 0 Å². The highest BCUT2D eigenvalue weighted by atomic mass is 79.9. The molecule has 0 aromatic heterocycles.